The molecule has 3 aromatic rings. The molecular formula is C24H23FN2O2. The predicted octanol–water partition coefficient (Wildman–Crippen LogP) is 4.89. The minimum atomic E-state index is -0.296. The molecule has 0 spiro atoms. The molecule has 3 aromatic carbocycles. The number of rotatable bonds is 7. The third-order valence-electron chi connectivity index (χ3n) is 4.64. The van der Waals surface area contributed by atoms with Gasteiger partial charge >= 0.3 is 0 Å². The number of carbonyl (C=O) groups excluding carboxylic acids is 2. The van der Waals surface area contributed by atoms with Crippen molar-refractivity contribution in [3.63, 3.8) is 0 Å². The summed E-state index contributed by atoms with van der Waals surface area (Å²) in [4.78, 5) is 24.6. The average molecular weight is 390 g/mol. The first-order chi connectivity index (χ1) is 14.0. The second-order valence-electron chi connectivity index (χ2n) is 6.83. The number of hydrogen-bond donors (Lipinski definition) is 2. The summed E-state index contributed by atoms with van der Waals surface area (Å²) in [6, 6.07) is 22.6. The Hall–Kier alpha value is -3.47. The summed E-state index contributed by atoms with van der Waals surface area (Å²) in [7, 11) is 0. The van der Waals surface area contributed by atoms with E-state index in [-0.39, 0.29) is 30.1 Å². The van der Waals surface area contributed by atoms with Gasteiger partial charge in [-0.1, -0.05) is 48.5 Å². The second-order valence-corrected chi connectivity index (χ2v) is 6.83. The summed E-state index contributed by atoms with van der Waals surface area (Å²) < 4.78 is 13.7. The molecule has 29 heavy (non-hydrogen) atoms. The molecule has 2 N–H and O–H groups in total. The van der Waals surface area contributed by atoms with E-state index in [4.69, 9.17) is 0 Å². The van der Waals surface area contributed by atoms with Crippen LogP contribution in [0.2, 0.25) is 0 Å². The first-order valence-electron chi connectivity index (χ1n) is 9.52. The lowest BCUT2D eigenvalue weighted by molar-refractivity contribution is -0.121. The summed E-state index contributed by atoms with van der Waals surface area (Å²) in [5.74, 6) is -0.640. The van der Waals surface area contributed by atoms with Gasteiger partial charge in [0.05, 0.1) is 6.04 Å². The summed E-state index contributed by atoms with van der Waals surface area (Å²) in [5.41, 5.74) is 2.63. The van der Waals surface area contributed by atoms with Crippen LogP contribution in [0.1, 0.15) is 40.9 Å². The maximum Gasteiger partial charge on any atom is 0.255 e. The van der Waals surface area contributed by atoms with Gasteiger partial charge in [0.1, 0.15) is 5.82 Å². The highest BCUT2D eigenvalue weighted by Gasteiger charge is 2.12. The van der Waals surface area contributed by atoms with Crippen LogP contribution in [-0.2, 0) is 11.2 Å². The Balaban J connectivity index is 1.57. The standard InChI is InChI=1S/C24H23FN2O2/c1-17(26-23(28)15-14-18-8-5-6-13-22(18)25)20-11-7-12-21(16-20)27-24(29)19-9-3-2-4-10-19/h2-13,16-17H,14-15H2,1H3,(H,26,28)(H,27,29). The van der Waals surface area contributed by atoms with Gasteiger partial charge in [-0.15, -0.1) is 0 Å². The predicted molar refractivity (Wildman–Crippen MR) is 112 cm³/mol. The minimum Gasteiger partial charge on any atom is -0.350 e. The van der Waals surface area contributed by atoms with E-state index >= 15 is 0 Å². The Morgan fingerprint density at radius 3 is 2.41 bits per heavy atom. The molecule has 4 nitrogen and oxygen atoms in total. The lowest BCUT2D eigenvalue weighted by Crippen LogP contribution is -2.27. The van der Waals surface area contributed by atoms with Crippen LogP contribution >= 0.6 is 0 Å². The first kappa shape index (κ1) is 20.3. The summed E-state index contributed by atoms with van der Waals surface area (Å²) in [5, 5.41) is 5.79. The van der Waals surface area contributed by atoms with E-state index in [9.17, 15) is 14.0 Å². The van der Waals surface area contributed by atoms with Crippen LogP contribution in [0, 0.1) is 5.82 Å². The maximum absolute atomic E-state index is 13.7. The van der Waals surface area contributed by atoms with Gasteiger partial charge in [0.25, 0.3) is 5.91 Å². The van der Waals surface area contributed by atoms with Crippen LogP contribution in [0.4, 0.5) is 10.1 Å². The van der Waals surface area contributed by atoms with Crippen molar-refractivity contribution < 1.29 is 14.0 Å². The zero-order valence-corrected chi connectivity index (χ0v) is 16.2. The molecule has 148 valence electrons. The molecule has 0 aliphatic rings. The number of anilines is 1. The van der Waals surface area contributed by atoms with Gasteiger partial charge in [-0.2, -0.15) is 0 Å². The smallest absolute Gasteiger partial charge is 0.255 e. The molecule has 0 aromatic heterocycles. The van der Waals surface area contributed by atoms with Crippen molar-refractivity contribution in [1.82, 2.24) is 5.32 Å². The molecule has 0 radical (unpaired) electrons. The highest BCUT2D eigenvalue weighted by Crippen LogP contribution is 2.19. The number of aryl methyl sites for hydroxylation is 1. The van der Waals surface area contributed by atoms with Gasteiger partial charge in [-0.05, 0) is 54.8 Å². The van der Waals surface area contributed by atoms with Gasteiger partial charge in [-0.3, -0.25) is 9.59 Å². The van der Waals surface area contributed by atoms with Crippen LogP contribution in [0.5, 0.6) is 0 Å². The van der Waals surface area contributed by atoms with Gasteiger partial charge in [0, 0.05) is 17.7 Å². The molecule has 3 rings (SSSR count). The highest BCUT2D eigenvalue weighted by atomic mass is 19.1. The molecule has 1 atom stereocenters. The fourth-order valence-electron chi connectivity index (χ4n) is 3.02. The van der Waals surface area contributed by atoms with Gasteiger partial charge in [-0.25, -0.2) is 4.39 Å². The Kier molecular flexibility index (Phi) is 6.74. The summed E-state index contributed by atoms with van der Waals surface area (Å²) in [6.07, 6.45) is 0.550. The van der Waals surface area contributed by atoms with Gasteiger partial charge in [0.2, 0.25) is 5.91 Å². The number of amides is 2. The average Bonchev–Trinajstić information content (AvgIpc) is 2.74. The Morgan fingerprint density at radius 2 is 1.66 bits per heavy atom. The zero-order chi connectivity index (χ0) is 20.6. The third kappa shape index (κ3) is 5.75. The maximum atomic E-state index is 13.7. The zero-order valence-electron chi connectivity index (χ0n) is 16.2. The molecular weight excluding hydrogens is 367 g/mol. The lowest BCUT2D eigenvalue weighted by Gasteiger charge is -2.16. The normalized spacial score (nSPS) is 11.5. The van der Waals surface area contributed by atoms with Crippen LogP contribution in [0.15, 0.2) is 78.9 Å². The Labute approximate surface area is 169 Å². The molecule has 2 amide bonds. The van der Waals surface area contributed by atoms with Crippen LogP contribution in [0.25, 0.3) is 0 Å². The molecule has 0 bridgehead atoms. The molecule has 5 heteroatoms. The van der Waals surface area contributed by atoms with E-state index in [0.29, 0.717) is 23.2 Å². The quantitative estimate of drug-likeness (QED) is 0.604. The van der Waals surface area contributed by atoms with E-state index in [0.717, 1.165) is 5.56 Å². The number of nitrogens with one attached hydrogen (secondary N) is 2. The fraction of sp³-hybridized carbons (Fsp3) is 0.167. The van der Waals surface area contributed by atoms with Crippen LogP contribution < -0.4 is 10.6 Å². The van der Waals surface area contributed by atoms with Crippen molar-refractivity contribution in [3.05, 3.63) is 101 Å². The minimum absolute atomic E-state index is 0.153. The van der Waals surface area contributed by atoms with E-state index in [1.165, 1.54) is 6.07 Å². The van der Waals surface area contributed by atoms with Crippen molar-refractivity contribution in [2.45, 2.75) is 25.8 Å². The number of benzene rings is 3. The van der Waals surface area contributed by atoms with Crippen molar-refractivity contribution >= 4 is 17.5 Å². The molecule has 1 unspecified atom stereocenters. The Morgan fingerprint density at radius 1 is 0.931 bits per heavy atom. The molecule has 0 aliphatic carbocycles. The van der Waals surface area contributed by atoms with E-state index in [1.54, 1.807) is 36.4 Å². The van der Waals surface area contributed by atoms with Crippen LogP contribution in [0.3, 0.4) is 0 Å². The molecule has 0 fully saturated rings. The summed E-state index contributed by atoms with van der Waals surface area (Å²) in [6.45, 7) is 1.87. The lowest BCUT2D eigenvalue weighted by atomic mass is 10.1. The first-order valence-corrected chi connectivity index (χ1v) is 9.52. The van der Waals surface area contributed by atoms with Crippen molar-refractivity contribution in [1.29, 1.82) is 0 Å². The highest BCUT2D eigenvalue weighted by molar-refractivity contribution is 6.04. The summed E-state index contributed by atoms with van der Waals surface area (Å²) >= 11 is 0. The molecule has 0 saturated heterocycles. The van der Waals surface area contributed by atoms with Crippen molar-refractivity contribution in [2.24, 2.45) is 0 Å². The number of carbonyl (C=O) groups is 2. The molecule has 0 heterocycles. The van der Waals surface area contributed by atoms with Gasteiger partial charge in [0.15, 0.2) is 0 Å². The fourth-order valence-corrected chi connectivity index (χ4v) is 3.02. The third-order valence-corrected chi connectivity index (χ3v) is 4.64. The number of halogens is 1. The van der Waals surface area contributed by atoms with Crippen molar-refractivity contribution in [3.8, 4) is 0 Å². The SMILES string of the molecule is CC(NC(=O)CCc1ccccc1F)c1cccc(NC(=O)c2ccccc2)c1. The van der Waals surface area contributed by atoms with E-state index < -0.39 is 0 Å². The van der Waals surface area contributed by atoms with E-state index in [2.05, 4.69) is 10.6 Å². The second kappa shape index (κ2) is 9.64. The van der Waals surface area contributed by atoms with E-state index in [1.807, 2.05) is 43.3 Å². The van der Waals surface area contributed by atoms with Gasteiger partial charge < -0.3 is 10.6 Å². The van der Waals surface area contributed by atoms with Crippen LogP contribution in [-0.4, -0.2) is 11.8 Å². The molecule has 0 aliphatic heterocycles. The number of hydrogen-bond acceptors (Lipinski definition) is 2. The largest absolute Gasteiger partial charge is 0.350 e. The van der Waals surface area contributed by atoms with Crippen molar-refractivity contribution in [2.75, 3.05) is 5.32 Å². The Bertz CT molecular complexity index is 989. The molecule has 0 saturated carbocycles. The topological polar surface area (TPSA) is 58.2 Å². The monoisotopic (exact) mass is 390 g/mol.